The normalized spacial score (nSPS) is 11.3. The van der Waals surface area contributed by atoms with Crippen LogP contribution in [0.4, 0.5) is 5.82 Å². The Morgan fingerprint density at radius 2 is 1.96 bits per heavy atom. The van der Waals surface area contributed by atoms with Gasteiger partial charge in [-0.1, -0.05) is 12.1 Å². The summed E-state index contributed by atoms with van der Waals surface area (Å²) in [5, 5.41) is 3.87. The number of aromatic nitrogens is 3. The molecule has 0 fully saturated rings. The quantitative estimate of drug-likeness (QED) is 0.612. The summed E-state index contributed by atoms with van der Waals surface area (Å²) in [4.78, 5) is 30.8. The summed E-state index contributed by atoms with van der Waals surface area (Å²) in [6, 6.07) is 9.83. The molecule has 0 aliphatic heterocycles. The lowest BCUT2D eigenvalue weighted by Crippen LogP contribution is -2.07. The van der Waals surface area contributed by atoms with Crippen LogP contribution in [0, 0.1) is 0 Å². The van der Waals surface area contributed by atoms with Crippen molar-refractivity contribution < 1.29 is 14.0 Å². The molecule has 8 nitrogen and oxygen atoms in total. The van der Waals surface area contributed by atoms with Crippen LogP contribution in [-0.4, -0.2) is 19.8 Å². The van der Waals surface area contributed by atoms with Crippen molar-refractivity contribution in [2.24, 2.45) is 0 Å². The summed E-state index contributed by atoms with van der Waals surface area (Å²) in [6.45, 7) is 0.483. The number of hydrogen-bond acceptors (Lipinski definition) is 6. The summed E-state index contributed by atoms with van der Waals surface area (Å²) < 4.78 is 15.3. The van der Waals surface area contributed by atoms with Gasteiger partial charge in [-0.25, -0.2) is 14.5 Å². The molecule has 116 valence electrons. The number of fused-ring (bicyclic) bond motifs is 1. The van der Waals surface area contributed by atoms with E-state index in [1.54, 1.807) is 30.3 Å². The van der Waals surface area contributed by atoms with Crippen LogP contribution in [0.5, 0.6) is 5.75 Å². The highest BCUT2D eigenvalue weighted by atomic mass is 31.1. The van der Waals surface area contributed by atoms with E-state index in [1.165, 1.54) is 12.4 Å². The lowest BCUT2D eigenvalue weighted by Gasteiger charge is -2.08. The zero-order chi connectivity index (χ0) is 16.2. The van der Waals surface area contributed by atoms with Gasteiger partial charge in [0, 0.05) is 17.2 Å². The molecule has 1 aromatic carbocycles. The van der Waals surface area contributed by atoms with Gasteiger partial charge in [-0.15, -0.1) is 4.89 Å². The van der Waals surface area contributed by atoms with E-state index in [0.717, 1.165) is 5.56 Å². The van der Waals surface area contributed by atoms with Crippen molar-refractivity contribution in [1.29, 1.82) is 0 Å². The van der Waals surface area contributed by atoms with Crippen molar-refractivity contribution in [2.45, 2.75) is 6.54 Å². The molecular weight excluding hydrogens is 319 g/mol. The molecule has 3 rings (SSSR count). The molecule has 2 heterocycles. The van der Waals surface area contributed by atoms with Gasteiger partial charge in [-0.2, -0.15) is 0 Å². The number of pyridine rings is 1. The SMILES string of the molecule is O=c1ccc2c(NCc3ccc(O[P+](=O)O)cc3)ncnc2[nH]1. The predicted octanol–water partition coefficient (Wildman–Crippen LogP) is 1.96. The van der Waals surface area contributed by atoms with E-state index in [2.05, 4.69) is 20.3 Å². The monoisotopic (exact) mass is 331 g/mol. The van der Waals surface area contributed by atoms with Crippen molar-refractivity contribution in [3.05, 3.63) is 58.6 Å². The van der Waals surface area contributed by atoms with Gasteiger partial charge < -0.3 is 10.3 Å². The molecule has 3 aromatic rings. The molecule has 0 saturated carbocycles. The van der Waals surface area contributed by atoms with Crippen LogP contribution in [0.2, 0.25) is 0 Å². The smallest absolute Gasteiger partial charge is 0.365 e. The first-order valence-electron chi connectivity index (χ1n) is 6.63. The average Bonchev–Trinajstić information content (AvgIpc) is 2.53. The van der Waals surface area contributed by atoms with Gasteiger partial charge in [0.15, 0.2) is 5.75 Å². The van der Waals surface area contributed by atoms with Gasteiger partial charge in [-0.3, -0.25) is 4.79 Å². The fraction of sp³-hybridized carbons (Fsp3) is 0.0714. The Balaban J connectivity index is 1.75. The summed E-state index contributed by atoms with van der Waals surface area (Å²) >= 11 is 0. The number of nitrogens with one attached hydrogen (secondary N) is 2. The molecule has 1 unspecified atom stereocenters. The van der Waals surface area contributed by atoms with Gasteiger partial charge in [0.1, 0.15) is 17.8 Å². The largest absolute Gasteiger partial charge is 0.747 e. The Bertz CT molecular complexity index is 911. The zero-order valence-corrected chi connectivity index (χ0v) is 12.7. The molecular formula is C14H12N4O4P+. The first-order chi connectivity index (χ1) is 11.1. The van der Waals surface area contributed by atoms with Crippen molar-refractivity contribution in [3.8, 4) is 5.75 Å². The van der Waals surface area contributed by atoms with Crippen LogP contribution in [0.1, 0.15) is 5.56 Å². The van der Waals surface area contributed by atoms with E-state index in [-0.39, 0.29) is 5.56 Å². The number of anilines is 1. The first-order valence-corrected chi connectivity index (χ1v) is 7.76. The van der Waals surface area contributed by atoms with Crippen molar-refractivity contribution in [2.75, 3.05) is 5.32 Å². The van der Waals surface area contributed by atoms with Gasteiger partial charge in [0.25, 0.3) is 0 Å². The second kappa shape index (κ2) is 6.51. The fourth-order valence-electron chi connectivity index (χ4n) is 2.06. The molecule has 0 radical (unpaired) electrons. The van der Waals surface area contributed by atoms with Crippen LogP contribution < -0.4 is 15.4 Å². The minimum absolute atomic E-state index is 0.222. The Hall–Kier alpha value is -2.83. The summed E-state index contributed by atoms with van der Waals surface area (Å²) in [6.07, 6.45) is 1.37. The summed E-state index contributed by atoms with van der Waals surface area (Å²) in [5.41, 5.74) is 1.17. The number of aromatic amines is 1. The summed E-state index contributed by atoms with van der Waals surface area (Å²) in [5.74, 6) is 0.924. The zero-order valence-electron chi connectivity index (χ0n) is 11.8. The topological polar surface area (TPSA) is 117 Å². The Morgan fingerprint density at radius 3 is 2.70 bits per heavy atom. The maximum Gasteiger partial charge on any atom is 0.747 e. The van der Waals surface area contributed by atoms with E-state index in [9.17, 15) is 9.36 Å². The molecule has 3 N–H and O–H groups in total. The van der Waals surface area contributed by atoms with E-state index < -0.39 is 8.25 Å². The lowest BCUT2D eigenvalue weighted by atomic mass is 10.2. The molecule has 0 saturated heterocycles. The Labute approximate surface area is 131 Å². The van der Waals surface area contributed by atoms with Crippen LogP contribution in [-0.2, 0) is 11.1 Å². The fourth-order valence-corrected chi connectivity index (χ4v) is 2.36. The van der Waals surface area contributed by atoms with E-state index >= 15 is 0 Å². The molecule has 9 heteroatoms. The third kappa shape index (κ3) is 3.68. The minimum Gasteiger partial charge on any atom is -0.365 e. The van der Waals surface area contributed by atoms with Crippen LogP contribution >= 0.6 is 8.25 Å². The number of H-pyrrole nitrogens is 1. The molecule has 0 bridgehead atoms. The van der Waals surface area contributed by atoms with E-state index in [1.807, 2.05) is 0 Å². The standard InChI is InChI=1S/C14H11N4O4P/c19-12-6-5-11-13(16-8-17-14(11)18-12)15-7-9-1-3-10(4-2-9)22-23(20)21/h1-6,8H,7H2,(H2-,15,16,17,18,19,20,21)/p+1. The van der Waals surface area contributed by atoms with Gasteiger partial charge in [-0.05, 0) is 23.8 Å². The van der Waals surface area contributed by atoms with Crippen LogP contribution in [0.3, 0.4) is 0 Å². The van der Waals surface area contributed by atoms with Crippen LogP contribution in [0.25, 0.3) is 11.0 Å². The minimum atomic E-state index is -2.66. The molecule has 0 aliphatic carbocycles. The van der Waals surface area contributed by atoms with Gasteiger partial charge in [0.2, 0.25) is 5.56 Å². The highest BCUT2D eigenvalue weighted by Crippen LogP contribution is 2.23. The maximum absolute atomic E-state index is 11.3. The average molecular weight is 331 g/mol. The highest BCUT2D eigenvalue weighted by Gasteiger charge is 2.13. The Kier molecular flexibility index (Phi) is 4.27. The first kappa shape index (κ1) is 15.1. The second-order valence-corrected chi connectivity index (χ2v) is 5.29. The number of rotatable bonds is 5. The number of nitrogens with zero attached hydrogens (tertiary/aromatic N) is 2. The van der Waals surface area contributed by atoms with Crippen molar-refractivity contribution in [3.63, 3.8) is 0 Å². The third-order valence-corrected chi connectivity index (χ3v) is 3.46. The third-order valence-electron chi connectivity index (χ3n) is 3.09. The molecule has 23 heavy (non-hydrogen) atoms. The van der Waals surface area contributed by atoms with E-state index in [0.29, 0.717) is 29.1 Å². The van der Waals surface area contributed by atoms with Gasteiger partial charge >= 0.3 is 8.25 Å². The molecule has 0 amide bonds. The van der Waals surface area contributed by atoms with Crippen molar-refractivity contribution >= 4 is 25.1 Å². The van der Waals surface area contributed by atoms with Gasteiger partial charge in [0.05, 0.1) is 5.39 Å². The molecule has 2 aromatic heterocycles. The summed E-state index contributed by atoms with van der Waals surface area (Å²) in [7, 11) is -2.66. The van der Waals surface area contributed by atoms with E-state index in [4.69, 9.17) is 9.42 Å². The lowest BCUT2D eigenvalue weighted by molar-refractivity contribution is 0.410. The maximum atomic E-state index is 11.3. The predicted molar refractivity (Wildman–Crippen MR) is 84.4 cm³/mol. The highest BCUT2D eigenvalue weighted by molar-refractivity contribution is 7.32. The molecule has 0 spiro atoms. The second-order valence-electron chi connectivity index (χ2n) is 4.63. The molecule has 1 atom stereocenters. The van der Waals surface area contributed by atoms with Crippen LogP contribution in [0.15, 0.2) is 47.5 Å². The molecule has 0 aliphatic rings. The number of benzene rings is 1. The Morgan fingerprint density at radius 1 is 1.17 bits per heavy atom. The number of hydrogen-bond donors (Lipinski definition) is 3. The van der Waals surface area contributed by atoms with Crippen molar-refractivity contribution in [1.82, 2.24) is 15.0 Å².